The standard InChI is InChI=1S/C20H15F2N3O2S/c1-13-5-6-14(19-12-25-9-3-2-4-20(25)23-19)10-18(13)24-28(26,27)15-7-8-16(21)17(22)11-15/h2-12,24H,1H3. The summed E-state index contributed by atoms with van der Waals surface area (Å²) in [5.74, 6) is -2.33. The van der Waals surface area contributed by atoms with Crippen molar-refractivity contribution < 1.29 is 17.2 Å². The van der Waals surface area contributed by atoms with Crippen LogP contribution in [-0.4, -0.2) is 17.8 Å². The minimum Gasteiger partial charge on any atom is -0.306 e. The molecule has 0 aliphatic rings. The maximum atomic E-state index is 13.4. The Balaban J connectivity index is 1.71. The number of hydrogen-bond acceptors (Lipinski definition) is 3. The van der Waals surface area contributed by atoms with Crippen LogP contribution in [0.3, 0.4) is 0 Å². The van der Waals surface area contributed by atoms with E-state index in [0.717, 1.165) is 23.3 Å². The lowest BCUT2D eigenvalue weighted by molar-refractivity contribution is 0.504. The molecule has 142 valence electrons. The third-order valence-electron chi connectivity index (χ3n) is 4.34. The smallest absolute Gasteiger partial charge is 0.262 e. The van der Waals surface area contributed by atoms with E-state index >= 15 is 0 Å². The molecule has 0 unspecified atom stereocenters. The first-order valence-electron chi connectivity index (χ1n) is 8.36. The molecule has 0 spiro atoms. The van der Waals surface area contributed by atoms with E-state index in [9.17, 15) is 17.2 Å². The van der Waals surface area contributed by atoms with Gasteiger partial charge in [0.05, 0.1) is 16.3 Å². The molecule has 0 aliphatic heterocycles. The summed E-state index contributed by atoms with van der Waals surface area (Å²) in [7, 11) is -4.08. The first kappa shape index (κ1) is 18.1. The van der Waals surface area contributed by atoms with E-state index in [1.807, 2.05) is 41.1 Å². The maximum Gasteiger partial charge on any atom is 0.262 e. The number of hydrogen-bond donors (Lipinski definition) is 1. The first-order chi connectivity index (χ1) is 13.3. The van der Waals surface area contributed by atoms with Crippen molar-refractivity contribution in [2.24, 2.45) is 0 Å². The summed E-state index contributed by atoms with van der Waals surface area (Å²) in [6.45, 7) is 1.75. The number of pyridine rings is 1. The highest BCUT2D eigenvalue weighted by Gasteiger charge is 2.18. The zero-order chi connectivity index (χ0) is 19.9. The van der Waals surface area contributed by atoms with Gasteiger partial charge < -0.3 is 4.40 Å². The Morgan fingerprint density at radius 1 is 1.00 bits per heavy atom. The molecule has 0 saturated carbocycles. The van der Waals surface area contributed by atoms with Crippen molar-refractivity contribution in [3.8, 4) is 11.3 Å². The quantitative estimate of drug-likeness (QED) is 0.554. The van der Waals surface area contributed by atoms with Gasteiger partial charge in [-0.2, -0.15) is 0 Å². The van der Waals surface area contributed by atoms with Gasteiger partial charge in [-0.1, -0.05) is 18.2 Å². The normalized spacial score (nSPS) is 11.7. The van der Waals surface area contributed by atoms with Crippen molar-refractivity contribution in [1.82, 2.24) is 9.38 Å². The number of halogens is 2. The number of imidazole rings is 1. The monoisotopic (exact) mass is 399 g/mol. The van der Waals surface area contributed by atoms with Gasteiger partial charge in [-0.25, -0.2) is 22.2 Å². The van der Waals surface area contributed by atoms with Gasteiger partial charge in [-0.3, -0.25) is 4.72 Å². The third-order valence-corrected chi connectivity index (χ3v) is 5.71. The van der Waals surface area contributed by atoms with Crippen LogP contribution < -0.4 is 4.72 Å². The molecule has 0 fully saturated rings. The molecule has 0 atom stereocenters. The van der Waals surface area contributed by atoms with Crippen LogP contribution in [0, 0.1) is 18.6 Å². The first-order valence-corrected chi connectivity index (χ1v) is 9.84. The highest BCUT2D eigenvalue weighted by Crippen LogP contribution is 2.27. The van der Waals surface area contributed by atoms with Gasteiger partial charge in [0.25, 0.3) is 10.0 Å². The molecule has 0 radical (unpaired) electrons. The molecule has 1 N–H and O–H groups in total. The lowest BCUT2D eigenvalue weighted by Gasteiger charge is -2.12. The molecule has 0 saturated heterocycles. The summed E-state index contributed by atoms with van der Waals surface area (Å²) in [5, 5.41) is 0. The van der Waals surface area contributed by atoms with Crippen molar-refractivity contribution in [3.63, 3.8) is 0 Å². The zero-order valence-electron chi connectivity index (χ0n) is 14.7. The minimum atomic E-state index is -4.08. The molecule has 0 bridgehead atoms. The van der Waals surface area contributed by atoms with Gasteiger partial charge in [0.15, 0.2) is 11.6 Å². The van der Waals surface area contributed by atoms with Crippen LogP contribution >= 0.6 is 0 Å². The highest BCUT2D eigenvalue weighted by atomic mass is 32.2. The molecule has 0 aliphatic carbocycles. The second-order valence-electron chi connectivity index (χ2n) is 6.30. The average Bonchev–Trinajstić information content (AvgIpc) is 3.09. The van der Waals surface area contributed by atoms with Gasteiger partial charge >= 0.3 is 0 Å². The summed E-state index contributed by atoms with van der Waals surface area (Å²) in [6, 6.07) is 13.3. The average molecular weight is 399 g/mol. The zero-order valence-corrected chi connectivity index (χ0v) is 15.5. The third kappa shape index (κ3) is 3.34. The molecule has 0 amide bonds. The second kappa shape index (κ2) is 6.72. The summed E-state index contributed by atoms with van der Waals surface area (Å²) in [6.07, 6.45) is 3.71. The summed E-state index contributed by atoms with van der Waals surface area (Å²) >= 11 is 0. The molecular weight excluding hydrogens is 384 g/mol. The van der Waals surface area contributed by atoms with Crippen LogP contribution in [0.15, 0.2) is 71.9 Å². The van der Waals surface area contributed by atoms with Crippen molar-refractivity contribution in [2.75, 3.05) is 4.72 Å². The minimum absolute atomic E-state index is 0.333. The lowest BCUT2D eigenvalue weighted by Crippen LogP contribution is -2.14. The van der Waals surface area contributed by atoms with Gasteiger partial charge in [0.1, 0.15) is 5.65 Å². The second-order valence-corrected chi connectivity index (χ2v) is 7.99. The van der Waals surface area contributed by atoms with Gasteiger partial charge in [-0.15, -0.1) is 0 Å². The number of fused-ring (bicyclic) bond motifs is 1. The van der Waals surface area contributed by atoms with Crippen LogP contribution in [0.1, 0.15) is 5.56 Å². The number of aromatic nitrogens is 2. The Morgan fingerprint density at radius 3 is 2.57 bits per heavy atom. The molecule has 28 heavy (non-hydrogen) atoms. The Labute approximate surface area is 160 Å². The van der Waals surface area contributed by atoms with Crippen molar-refractivity contribution >= 4 is 21.4 Å². The molecule has 5 nitrogen and oxygen atoms in total. The topological polar surface area (TPSA) is 63.5 Å². The number of sulfonamides is 1. The Morgan fingerprint density at radius 2 is 1.82 bits per heavy atom. The Hall–Kier alpha value is -3.26. The van der Waals surface area contributed by atoms with E-state index < -0.39 is 21.7 Å². The van der Waals surface area contributed by atoms with Crippen molar-refractivity contribution in [2.45, 2.75) is 11.8 Å². The number of anilines is 1. The maximum absolute atomic E-state index is 13.4. The summed E-state index contributed by atoms with van der Waals surface area (Å²) in [4.78, 5) is 4.17. The van der Waals surface area contributed by atoms with Gasteiger partial charge in [0.2, 0.25) is 0 Å². The van der Waals surface area contributed by atoms with Gasteiger partial charge in [-0.05, 0) is 48.9 Å². The van der Waals surface area contributed by atoms with E-state index in [1.54, 1.807) is 19.1 Å². The molecule has 2 heterocycles. The predicted octanol–water partition coefficient (Wildman–Crippen LogP) is 4.39. The molecule has 2 aromatic carbocycles. The van der Waals surface area contributed by atoms with E-state index in [2.05, 4.69) is 9.71 Å². The number of rotatable bonds is 4. The predicted molar refractivity (Wildman–Crippen MR) is 103 cm³/mol. The molecular formula is C20H15F2N3O2S. The van der Waals surface area contributed by atoms with Crippen molar-refractivity contribution in [3.05, 3.63) is 84.2 Å². The lowest BCUT2D eigenvalue weighted by atomic mass is 10.1. The highest BCUT2D eigenvalue weighted by molar-refractivity contribution is 7.92. The molecule has 4 aromatic rings. The molecule has 8 heteroatoms. The fourth-order valence-electron chi connectivity index (χ4n) is 2.81. The fourth-order valence-corrected chi connectivity index (χ4v) is 3.95. The van der Waals surface area contributed by atoms with E-state index in [1.165, 1.54) is 0 Å². The number of nitrogens with one attached hydrogen (secondary N) is 1. The molecule has 4 rings (SSSR count). The van der Waals surface area contributed by atoms with Crippen LogP contribution in [0.2, 0.25) is 0 Å². The summed E-state index contributed by atoms with van der Waals surface area (Å²) in [5.41, 5.74) is 3.18. The summed E-state index contributed by atoms with van der Waals surface area (Å²) < 4.78 is 56.0. The number of benzene rings is 2. The number of nitrogens with zero attached hydrogens (tertiary/aromatic N) is 2. The van der Waals surface area contributed by atoms with E-state index in [-0.39, 0.29) is 4.90 Å². The Bertz CT molecular complexity index is 1270. The SMILES string of the molecule is Cc1ccc(-c2cn3ccccc3n2)cc1NS(=O)(=O)c1ccc(F)c(F)c1. The fraction of sp³-hybridized carbons (Fsp3) is 0.0500. The Kier molecular flexibility index (Phi) is 4.35. The van der Waals surface area contributed by atoms with Crippen molar-refractivity contribution in [1.29, 1.82) is 0 Å². The van der Waals surface area contributed by atoms with Crippen LogP contribution in [-0.2, 0) is 10.0 Å². The van der Waals surface area contributed by atoms with Gasteiger partial charge in [0, 0.05) is 18.0 Å². The largest absolute Gasteiger partial charge is 0.306 e. The van der Waals surface area contributed by atoms with E-state index in [0.29, 0.717) is 23.0 Å². The number of aryl methyl sites for hydroxylation is 1. The van der Waals surface area contributed by atoms with E-state index in [4.69, 9.17) is 0 Å². The van der Waals surface area contributed by atoms with Crippen LogP contribution in [0.5, 0.6) is 0 Å². The molecule has 2 aromatic heterocycles. The van der Waals surface area contributed by atoms with Crippen LogP contribution in [0.25, 0.3) is 16.9 Å². The van der Waals surface area contributed by atoms with Crippen LogP contribution in [0.4, 0.5) is 14.5 Å².